The molecule has 1 fully saturated rings. The number of nitrogens with one attached hydrogen (secondary N) is 1. The van der Waals surface area contributed by atoms with Crippen LogP contribution in [0.1, 0.15) is 26.2 Å². The van der Waals surface area contributed by atoms with E-state index >= 15 is 0 Å². The van der Waals surface area contributed by atoms with Crippen LogP contribution in [-0.2, 0) is 4.79 Å². The van der Waals surface area contributed by atoms with Gasteiger partial charge in [-0.1, -0.05) is 6.92 Å². The number of amides is 1. The summed E-state index contributed by atoms with van der Waals surface area (Å²) in [6.07, 6.45) is 3.41. The highest BCUT2D eigenvalue weighted by atomic mass is 16.1. The average molecular weight is 156 g/mol. The molecule has 0 bridgehead atoms. The van der Waals surface area contributed by atoms with Crippen LogP contribution in [-0.4, -0.2) is 18.5 Å². The number of rotatable bonds is 5. The molecule has 0 aromatic carbocycles. The van der Waals surface area contributed by atoms with Crippen molar-refractivity contribution >= 4 is 5.91 Å². The van der Waals surface area contributed by atoms with E-state index < -0.39 is 0 Å². The topological polar surface area (TPSA) is 55.1 Å². The SMILES string of the molecule is CCC(NCC1CC1)C(N)=O. The van der Waals surface area contributed by atoms with Crippen LogP contribution < -0.4 is 11.1 Å². The van der Waals surface area contributed by atoms with Crippen LogP contribution in [0, 0.1) is 5.92 Å². The van der Waals surface area contributed by atoms with Crippen LogP contribution in [0.5, 0.6) is 0 Å². The Bertz CT molecular complexity index is 143. The second-order valence-corrected chi connectivity index (χ2v) is 3.21. The molecule has 1 unspecified atom stereocenters. The lowest BCUT2D eigenvalue weighted by molar-refractivity contribution is -0.120. The van der Waals surface area contributed by atoms with Crippen LogP contribution in [0.4, 0.5) is 0 Å². The van der Waals surface area contributed by atoms with E-state index in [1.165, 1.54) is 12.8 Å². The van der Waals surface area contributed by atoms with Gasteiger partial charge in [-0.05, 0) is 31.7 Å². The highest BCUT2D eigenvalue weighted by Crippen LogP contribution is 2.27. The van der Waals surface area contributed by atoms with Crippen molar-refractivity contribution in [3.05, 3.63) is 0 Å². The van der Waals surface area contributed by atoms with Gasteiger partial charge in [0.25, 0.3) is 0 Å². The third-order valence-electron chi connectivity index (χ3n) is 2.10. The molecule has 1 amide bonds. The van der Waals surface area contributed by atoms with Gasteiger partial charge in [0.15, 0.2) is 0 Å². The summed E-state index contributed by atoms with van der Waals surface area (Å²) < 4.78 is 0. The summed E-state index contributed by atoms with van der Waals surface area (Å²) in [5.41, 5.74) is 5.15. The predicted octanol–water partition coefficient (Wildman–Crippen LogP) is 0.250. The summed E-state index contributed by atoms with van der Waals surface area (Å²) >= 11 is 0. The van der Waals surface area contributed by atoms with Gasteiger partial charge < -0.3 is 11.1 Å². The highest BCUT2D eigenvalue weighted by molar-refractivity contribution is 5.79. The Balaban J connectivity index is 2.13. The summed E-state index contributed by atoms with van der Waals surface area (Å²) in [7, 11) is 0. The standard InChI is InChI=1S/C8H16N2O/c1-2-7(8(9)11)10-5-6-3-4-6/h6-7,10H,2-5H2,1H3,(H2,9,11). The van der Waals surface area contributed by atoms with E-state index in [0.717, 1.165) is 18.9 Å². The summed E-state index contributed by atoms with van der Waals surface area (Å²) in [6, 6.07) is -0.115. The Morgan fingerprint density at radius 3 is 2.73 bits per heavy atom. The molecule has 0 saturated heterocycles. The first-order valence-electron chi connectivity index (χ1n) is 4.26. The minimum Gasteiger partial charge on any atom is -0.368 e. The molecular weight excluding hydrogens is 140 g/mol. The summed E-state index contributed by atoms with van der Waals surface area (Å²) in [5.74, 6) is 0.580. The van der Waals surface area contributed by atoms with Gasteiger partial charge in [0.05, 0.1) is 6.04 Å². The molecule has 0 spiro atoms. The van der Waals surface area contributed by atoms with Crippen molar-refractivity contribution in [3.63, 3.8) is 0 Å². The van der Waals surface area contributed by atoms with Gasteiger partial charge in [-0.15, -0.1) is 0 Å². The minimum atomic E-state index is -0.229. The molecule has 3 N–H and O–H groups in total. The van der Waals surface area contributed by atoms with E-state index in [0.29, 0.717) is 0 Å². The van der Waals surface area contributed by atoms with Gasteiger partial charge >= 0.3 is 0 Å². The molecule has 64 valence electrons. The van der Waals surface area contributed by atoms with E-state index in [1.807, 2.05) is 6.92 Å². The number of hydrogen-bond acceptors (Lipinski definition) is 2. The van der Waals surface area contributed by atoms with E-state index in [4.69, 9.17) is 5.73 Å². The van der Waals surface area contributed by atoms with E-state index in [9.17, 15) is 4.79 Å². The van der Waals surface area contributed by atoms with Gasteiger partial charge in [0.2, 0.25) is 5.91 Å². The van der Waals surface area contributed by atoms with Crippen molar-refractivity contribution in [2.45, 2.75) is 32.2 Å². The normalized spacial score (nSPS) is 19.7. The maximum atomic E-state index is 10.7. The van der Waals surface area contributed by atoms with Crippen molar-refractivity contribution in [3.8, 4) is 0 Å². The van der Waals surface area contributed by atoms with E-state index in [1.54, 1.807) is 0 Å². The molecule has 0 radical (unpaired) electrons. The Hall–Kier alpha value is -0.570. The minimum absolute atomic E-state index is 0.115. The van der Waals surface area contributed by atoms with Gasteiger partial charge in [0, 0.05) is 0 Å². The first kappa shape index (κ1) is 8.53. The highest BCUT2D eigenvalue weighted by Gasteiger charge is 2.22. The van der Waals surface area contributed by atoms with E-state index in [-0.39, 0.29) is 11.9 Å². The Labute approximate surface area is 67.3 Å². The van der Waals surface area contributed by atoms with Crippen molar-refractivity contribution in [2.24, 2.45) is 11.7 Å². The van der Waals surface area contributed by atoms with Crippen LogP contribution in [0.2, 0.25) is 0 Å². The lowest BCUT2D eigenvalue weighted by Gasteiger charge is -2.11. The quantitative estimate of drug-likeness (QED) is 0.599. The maximum Gasteiger partial charge on any atom is 0.234 e. The molecule has 1 atom stereocenters. The molecule has 0 aliphatic heterocycles. The van der Waals surface area contributed by atoms with Crippen LogP contribution in [0.25, 0.3) is 0 Å². The van der Waals surface area contributed by atoms with Crippen molar-refractivity contribution in [2.75, 3.05) is 6.54 Å². The van der Waals surface area contributed by atoms with E-state index in [2.05, 4.69) is 5.32 Å². The summed E-state index contributed by atoms with van der Waals surface area (Å²) in [4.78, 5) is 10.7. The van der Waals surface area contributed by atoms with Gasteiger partial charge in [-0.2, -0.15) is 0 Å². The molecule has 1 saturated carbocycles. The first-order valence-corrected chi connectivity index (χ1v) is 4.26. The smallest absolute Gasteiger partial charge is 0.234 e. The zero-order chi connectivity index (χ0) is 8.27. The van der Waals surface area contributed by atoms with Crippen molar-refractivity contribution in [1.82, 2.24) is 5.32 Å². The lowest BCUT2D eigenvalue weighted by Crippen LogP contribution is -2.41. The molecule has 3 nitrogen and oxygen atoms in total. The molecule has 1 aliphatic rings. The maximum absolute atomic E-state index is 10.7. The van der Waals surface area contributed by atoms with Crippen molar-refractivity contribution in [1.29, 1.82) is 0 Å². The Morgan fingerprint density at radius 2 is 2.36 bits per heavy atom. The molecule has 1 aliphatic carbocycles. The van der Waals surface area contributed by atoms with Crippen molar-refractivity contribution < 1.29 is 4.79 Å². The largest absolute Gasteiger partial charge is 0.368 e. The molecule has 0 aromatic heterocycles. The molecule has 0 heterocycles. The fourth-order valence-electron chi connectivity index (χ4n) is 1.08. The number of hydrogen-bond donors (Lipinski definition) is 2. The van der Waals surface area contributed by atoms with Crippen LogP contribution in [0.3, 0.4) is 0 Å². The Kier molecular flexibility index (Phi) is 2.88. The second kappa shape index (κ2) is 3.72. The third-order valence-corrected chi connectivity index (χ3v) is 2.10. The number of carbonyl (C=O) groups is 1. The number of nitrogens with two attached hydrogens (primary N) is 1. The average Bonchev–Trinajstić information content (AvgIpc) is 2.72. The zero-order valence-electron chi connectivity index (χ0n) is 6.97. The predicted molar refractivity (Wildman–Crippen MR) is 44.0 cm³/mol. The lowest BCUT2D eigenvalue weighted by atomic mass is 10.2. The molecule has 1 rings (SSSR count). The molecule has 0 aromatic rings. The fraction of sp³-hybridized carbons (Fsp3) is 0.875. The zero-order valence-corrected chi connectivity index (χ0v) is 6.97. The van der Waals surface area contributed by atoms with Gasteiger partial charge in [0.1, 0.15) is 0 Å². The monoisotopic (exact) mass is 156 g/mol. The second-order valence-electron chi connectivity index (χ2n) is 3.21. The number of carbonyl (C=O) groups excluding carboxylic acids is 1. The summed E-state index contributed by atoms with van der Waals surface area (Å²) in [6.45, 7) is 2.93. The van der Waals surface area contributed by atoms with Crippen LogP contribution in [0.15, 0.2) is 0 Å². The summed E-state index contributed by atoms with van der Waals surface area (Å²) in [5, 5.41) is 3.16. The Morgan fingerprint density at radius 1 is 1.73 bits per heavy atom. The van der Waals surface area contributed by atoms with Gasteiger partial charge in [-0.25, -0.2) is 0 Å². The molecule has 11 heavy (non-hydrogen) atoms. The number of primary amides is 1. The van der Waals surface area contributed by atoms with Crippen LogP contribution >= 0.6 is 0 Å². The molecular formula is C8H16N2O. The third kappa shape index (κ3) is 2.89. The fourth-order valence-corrected chi connectivity index (χ4v) is 1.08. The first-order chi connectivity index (χ1) is 5.24. The molecule has 3 heteroatoms. The van der Waals surface area contributed by atoms with Gasteiger partial charge in [-0.3, -0.25) is 4.79 Å².